The van der Waals surface area contributed by atoms with Gasteiger partial charge in [-0.25, -0.2) is 5.01 Å². The Morgan fingerprint density at radius 2 is 2.17 bits per heavy atom. The zero-order valence-corrected chi connectivity index (χ0v) is 8.14. The summed E-state index contributed by atoms with van der Waals surface area (Å²) in [5.41, 5.74) is 5.55. The molecule has 0 amide bonds. The first-order chi connectivity index (χ1) is 5.75. The minimum absolute atomic E-state index is 0.444. The van der Waals surface area contributed by atoms with Gasteiger partial charge in [0.1, 0.15) is 0 Å². The van der Waals surface area contributed by atoms with Gasteiger partial charge >= 0.3 is 0 Å². The average Bonchev–Trinajstić information content (AvgIpc) is 2.07. The smallest absolute Gasteiger partial charge is 0.181 e. The molecule has 0 aliphatic carbocycles. The van der Waals surface area contributed by atoms with Crippen molar-refractivity contribution in [2.45, 2.75) is 6.92 Å². The lowest BCUT2D eigenvalue weighted by Gasteiger charge is -2.36. The van der Waals surface area contributed by atoms with Crippen LogP contribution in [0.3, 0.4) is 0 Å². The predicted octanol–water partition coefficient (Wildman–Crippen LogP) is -0.201. The number of thiocarbonyl (C=S) groups is 1. The predicted molar refractivity (Wildman–Crippen MR) is 51.6 cm³/mol. The standard InChI is InChI=1S/C7H15N3OS/c1-2-10(7(8)12)9-3-5-11-6-4-9/h2-6H2,1H3,(H2,8,12). The Morgan fingerprint density at radius 3 is 2.58 bits per heavy atom. The van der Waals surface area contributed by atoms with E-state index < -0.39 is 0 Å². The molecule has 0 atom stereocenters. The van der Waals surface area contributed by atoms with Crippen molar-refractivity contribution >= 4 is 17.3 Å². The second kappa shape index (κ2) is 4.59. The third kappa shape index (κ3) is 2.30. The summed E-state index contributed by atoms with van der Waals surface area (Å²) in [6, 6.07) is 0. The highest BCUT2D eigenvalue weighted by Crippen LogP contribution is 2.02. The first kappa shape index (κ1) is 9.70. The van der Waals surface area contributed by atoms with Gasteiger partial charge in [0.05, 0.1) is 13.2 Å². The van der Waals surface area contributed by atoms with Gasteiger partial charge in [-0.05, 0) is 19.1 Å². The van der Waals surface area contributed by atoms with E-state index in [1.54, 1.807) is 0 Å². The van der Waals surface area contributed by atoms with Gasteiger partial charge in [0, 0.05) is 19.6 Å². The molecule has 4 nitrogen and oxygen atoms in total. The number of hydrazine groups is 1. The van der Waals surface area contributed by atoms with Crippen LogP contribution in [0.4, 0.5) is 0 Å². The van der Waals surface area contributed by atoms with Crippen LogP contribution < -0.4 is 5.73 Å². The molecule has 0 spiro atoms. The highest BCUT2D eigenvalue weighted by atomic mass is 32.1. The summed E-state index contributed by atoms with van der Waals surface area (Å²) in [4.78, 5) is 0. The third-order valence-corrected chi connectivity index (χ3v) is 2.09. The summed E-state index contributed by atoms with van der Waals surface area (Å²) in [6.07, 6.45) is 0. The van der Waals surface area contributed by atoms with Crippen molar-refractivity contribution in [1.29, 1.82) is 0 Å². The maximum atomic E-state index is 5.55. The Bertz CT molecular complexity index is 159. The molecule has 1 rings (SSSR count). The molecule has 1 heterocycles. The van der Waals surface area contributed by atoms with Crippen LogP contribution in [0.15, 0.2) is 0 Å². The molecule has 70 valence electrons. The largest absolute Gasteiger partial charge is 0.379 e. The fourth-order valence-electron chi connectivity index (χ4n) is 1.29. The minimum atomic E-state index is 0.444. The second-order valence-corrected chi connectivity index (χ2v) is 3.04. The van der Waals surface area contributed by atoms with Crippen molar-refractivity contribution in [2.24, 2.45) is 5.73 Å². The Labute approximate surface area is 78.2 Å². The fourth-order valence-corrected chi connectivity index (χ4v) is 1.53. The first-order valence-corrected chi connectivity index (χ1v) is 4.56. The molecule has 0 saturated carbocycles. The summed E-state index contributed by atoms with van der Waals surface area (Å²) < 4.78 is 5.22. The normalized spacial score (nSPS) is 19.1. The second-order valence-electron chi connectivity index (χ2n) is 2.62. The number of hydrogen-bond donors (Lipinski definition) is 1. The van der Waals surface area contributed by atoms with E-state index in [1.165, 1.54) is 0 Å². The highest BCUT2D eigenvalue weighted by Gasteiger charge is 2.17. The van der Waals surface area contributed by atoms with E-state index in [-0.39, 0.29) is 0 Å². The summed E-state index contributed by atoms with van der Waals surface area (Å²) in [5, 5.41) is 4.49. The molecule has 2 N–H and O–H groups in total. The van der Waals surface area contributed by atoms with E-state index in [4.69, 9.17) is 22.7 Å². The van der Waals surface area contributed by atoms with Crippen LogP contribution in [-0.2, 0) is 4.74 Å². The Hall–Kier alpha value is -0.390. The molecule has 1 aliphatic heterocycles. The topological polar surface area (TPSA) is 41.7 Å². The zero-order valence-electron chi connectivity index (χ0n) is 7.32. The van der Waals surface area contributed by atoms with Crippen LogP contribution >= 0.6 is 12.2 Å². The van der Waals surface area contributed by atoms with Gasteiger partial charge in [0.15, 0.2) is 5.11 Å². The van der Waals surface area contributed by atoms with Gasteiger partial charge in [-0.2, -0.15) is 0 Å². The lowest BCUT2D eigenvalue weighted by atomic mass is 10.5. The van der Waals surface area contributed by atoms with Crippen molar-refractivity contribution in [1.82, 2.24) is 10.0 Å². The maximum Gasteiger partial charge on any atom is 0.181 e. The van der Waals surface area contributed by atoms with Crippen molar-refractivity contribution in [3.8, 4) is 0 Å². The molecule has 0 unspecified atom stereocenters. The molecule has 0 aromatic carbocycles. The fraction of sp³-hybridized carbons (Fsp3) is 0.857. The molecule has 0 radical (unpaired) electrons. The van der Waals surface area contributed by atoms with Crippen LogP contribution in [0.2, 0.25) is 0 Å². The molecule has 0 aromatic rings. The molecular formula is C7H15N3OS. The lowest BCUT2D eigenvalue weighted by molar-refractivity contribution is -0.0472. The first-order valence-electron chi connectivity index (χ1n) is 4.15. The highest BCUT2D eigenvalue weighted by molar-refractivity contribution is 7.80. The zero-order chi connectivity index (χ0) is 8.97. The summed E-state index contributed by atoms with van der Waals surface area (Å²) in [6.45, 7) is 6.15. The molecule has 1 saturated heterocycles. The van der Waals surface area contributed by atoms with E-state index in [2.05, 4.69) is 5.01 Å². The monoisotopic (exact) mass is 189 g/mol. The van der Waals surface area contributed by atoms with Gasteiger partial charge in [0.2, 0.25) is 0 Å². The Morgan fingerprint density at radius 1 is 1.58 bits per heavy atom. The number of nitrogens with zero attached hydrogens (tertiary/aromatic N) is 2. The van der Waals surface area contributed by atoms with Crippen molar-refractivity contribution < 1.29 is 4.74 Å². The van der Waals surface area contributed by atoms with E-state index >= 15 is 0 Å². The SMILES string of the molecule is CCN(C(N)=S)N1CCOCC1. The van der Waals surface area contributed by atoms with Crippen molar-refractivity contribution in [2.75, 3.05) is 32.8 Å². The van der Waals surface area contributed by atoms with Crippen LogP contribution in [0, 0.1) is 0 Å². The molecule has 12 heavy (non-hydrogen) atoms. The number of hydrogen-bond acceptors (Lipinski definition) is 3. The maximum absolute atomic E-state index is 5.55. The number of ether oxygens (including phenoxy) is 1. The summed E-state index contributed by atoms with van der Waals surface area (Å²) in [5.74, 6) is 0. The van der Waals surface area contributed by atoms with Crippen LogP contribution in [-0.4, -0.2) is 48.0 Å². The van der Waals surface area contributed by atoms with Gasteiger partial charge in [-0.15, -0.1) is 0 Å². The number of nitrogens with two attached hydrogens (primary N) is 1. The van der Waals surface area contributed by atoms with Gasteiger partial charge in [-0.1, -0.05) is 0 Å². The average molecular weight is 189 g/mol. The quantitative estimate of drug-likeness (QED) is 0.609. The van der Waals surface area contributed by atoms with Crippen molar-refractivity contribution in [3.63, 3.8) is 0 Å². The molecule has 0 aromatic heterocycles. The number of morpholine rings is 1. The molecule has 5 heteroatoms. The Kier molecular flexibility index (Phi) is 3.71. The van der Waals surface area contributed by atoms with Crippen LogP contribution in [0.25, 0.3) is 0 Å². The number of rotatable bonds is 2. The third-order valence-electron chi connectivity index (χ3n) is 1.88. The molecular weight excluding hydrogens is 174 g/mol. The van der Waals surface area contributed by atoms with E-state index in [0.29, 0.717) is 5.11 Å². The van der Waals surface area contributed by atoms with Crippen LogP contribution in [0.1, 0.15) is 6.92 Å². The van der Waals surface area contributed by atoms with E-state index in [1.807, 2.05) is 11.9 Å². The summed E-state index contributed by atoms with van der Waals surface area (Å²) in [7, 11) is 0. The van der Waals surface area contributed by atoms with E-state index in [0.717, 1.165) is 32.8 Å². The Balaban J connectivity index is 2.46. The molecule has 1 fully saturated rings. The molecule has 1 aliphatic rings. The lowest BCUT2D eigenvalue weighted by Crippen LogP contribution is -2.53. The van der Waals surface area contributed by atoms with E-state index in [9.17, 15) is 0 Å². The minimum Gasteiger partial charge on any atom is -0.379 e. The van der Waals surface area contributed by atoms with Crippen LogP contribution in [0.5, 0.6) is 0 Å². The van der Waals surface area contributed by atoms with Gasteiger partial charge in [-0.3, -0.25) is 5.01 Å². The van der Waals surface area contributed by atoms with Crippen molar-refractivity contribution in [3.05, 3.63) is 0 Å². The molecule has 0 bridgehead atoms. The van der Waals surface area contributed by atoms with Gasteiger partial charge < -0.3 is 10.5 Å². The van der Waals surface area contributed by atoms with Gasteiger partial charge in [0.25, 0.3) is 0 Å². The summed E-state index contributed by atoms with van der Waals surface area (Å²) >= 11 is 4.92.